The molecule has 0 radical (unpaired) electrons. The van der Waals surface area contributed by atoms with Gasteiger partial charge in [-0.3, -0.25) is 14.5 Å². The second kappa shape index (κ2) is 11.7. The van der Waals surface area contributed by atoms with Crippen LogP contribution in [0.2, 0.25) is 0 Å². The van der Waals surface area contributed by atoms with Crippen LogP contribution in [0.4, 0.5) is 15.8 Å². The van der Waals surface area contributed by atoms with Gasteiger partial charge in [0.2, 0.25) is 21.8 Å². The maximum absolute atomic E-state index is 13.9. The Kier molecular flexibility index (Phi) is 8.63. The van der Waals surface area contributed by atoms with Crippen LogP contribution in [0.25, 0.3) is 0 Å². The molecule has 2 amide bonds. The zero-order chi connectivity index (χ0) is 26.6. The molecule has 2 fully saturated rings. The first kappa shape index (κ1) is 27.2. The molecule has 2 heterocycles. The predicted molar refractivity (Wildman–Crippen MR) is 141 cm³/mol. The standard InChI is InChI=1S/C25H29FN4O5S2/c1-17(2)16-30-24(32)22(15-23(31)28-21-6-4-3-5-20(21)26)36-25(30)27-18-7-9-19(10-8-18)37(33,34)29-11-13-35-14-12-29/h3-10,17,22H,11-16H2,1-2H3,(H,28,31). The molecule has 1 N–H and O–H groups in total. The quantitative estimate of drug-likeness (QED) is 0.541. The van der Waals surface area contributed by atoms with Crippen molar-refractivity contribution in [1.29, 1.82) is 0 Å². The number of para-hydroxylation sites is 1. The Morgan fingerprint density at radius 2 is 1.84 bits per heavy atom. The number of amidine groups is 1. The number of morpholine rings is 1. The number of carbonyl (C=O) groups is 2. The molecule has 0 aromatic heterocycles. The molecular weight excluding hydrogens is 519 g/mol. The zero-order valence-corrected chi connectivity index (χ0v) is 22.2. The van der Waals surface area contributed by atoms with Gasteiger partial charge >= 0.3 is 0 Å². The molecule has 198 valence electrons. The van der Waals surface area contributed by atoms with Crippen LogP contribution in [0.1, 0.15) is 20.3 Å². The van der Waals surface area contributed by atoms with Gasteiger partial charge in [-0.1, -0.05) is 37.7 Å². The molecule has 2 aliphatic rings. The van der Waals surface area contributed by atoms with Crippen LogP contribution < -0.4 is 5.32 Å². The van der Waals surface area contributed by atoms with E-state index in [1.807, 2.05) is 13.8 Å². The van der Waals surface area contributed by atoms with Gasteiger partial charge in [-0.05, 0) is 42.3 Å². The zero-order valence-electron chi connectivity index (χ0n) is 20.6. The van der Waals surface area contributed by atoms with E-state index in [9.17, 15) is 22.4 Å². The molecule has 0 aliphatic carbocycles. The lowest BCUT2D eigenvalue weighted by atomic mass is 10.2. The van der Waals surface area contributed by atoms with Crippen molar-refractivity contribution in [3.63, 3.8) is 0 Å². The van der Waals surface area contributed by atoms with E-state index in [4.69, 9.17) is 4.74 Å². The fraction of sp³-hybridized carbons (Fsp3) is 0.400. The van der Waals surface area contributed by atoms with Crippen molar-refractivity contribution in [2.24, 2.45) is 10.9 Å². The van der Waals surface area contributed by atoms with Crippen LogP contribution in [0, 0.1) is 11.7 Å². The van der Waals surface area contributed by atoms with E-state index in [1.54, 1.807) is 23.1 Å². The number of halogens is 1. The molecule has 4 rings (SSSR count). The Balaban J connectivity index is 1.50. The van der Waals surface area contributed by atoms with Crippen LogP contribution in [0.15, 0.2) is 58.4 Å². The lowest BCUT2D eigenvalue weighted by Gasteiger charge is -2.26. The number of nitrogens with zero attached hydrogens (tertiary/aromatic N) is 3. The summed E-state index contributed by atoms with van der Waals surface area (Å²) in [6.45, 7) is 5.70. The van der Waals surface area contributed by atoms with Gasteiger partial charge in [0.1, 0.15) is 11.1 Å². The van der Waals surface area contributed by atoms with E-state index in [1.165, 1.54) is 46.4 Å². The van der Waals surface area contributed by atoms with Crippen molar-refractivity contribution in [2.75, 3.05) is 38.2 Å². The molecule has 0 bridgehead atoms. The summed E-state index contributed by atoms with van der Waals surface area (Å²) in [5.41, 5.74) is 0.546. The summed E-state index contributed by atoms with van der Waals surface area (Å²) < 4.78 is 46.3. The van der Waals surface area contributed by atoms with E-state index < -0.39 is 27.0 Å². The summed E-state index contributed by atoms with van der Waals surface area (Å²) >= 11 is 1.17. The Hall–Kier alpha value is -2.80. The molecule has 2 aliphatic heterocycles. The Morgan fingerprint density at radius 3 is 2.49 bits per heavy atom. The third-order valence-corrected chi connectivity index (χ3v) is 8.84. The Morgan fingerprint density at radius 1 is 1.16 bits per heavy atom. The van der Waals surface area contributed by atoms with Crippen LogP contribution in [0.5, 0.6) is 0 Å². The van der Waals surface area contributed by atoms with Crippen molar-refractivity contribution in [3.05, 3.63) is 54.3 Å². The van der Waals surface area contributed by atoms with Gasteiger partial charge in [0.05, 0.1) is 29.5 Å². The number of benzene rings is 2. The fourth-order valence-corrected chi connectivity index (χ4v) is 6.50. The number of anilines is 1. The van der Waals surface area contributed by atoms with Crippen molar-refractivity contribution >= 4 is 50.1 Å². The van der Waals surface area contributed by atoms with Crippen LogP contribution in [-0.2, 0) is 24.3 Å². The molecule has 0 saturated carbocycles. The number of rotatable bonds is 8. The molecule has 9 nitrogen and oxygen atoms in total. The average Bonchev–Trinajstić information content (AvgIpc) is 3.14. The second-order valence-electron chi connectivity index (χ2n) is 9.09. The highest BCUT2D eigenvalue weighted by Crippen LogP contribution is 2.33. The highest BCUT2D eigenvalue weighted by molar-refractivity contribution is 8.15. The third-order valence-electron chi connectivity index (χ3n) is 5.76. The van der Waals surface area contributed by atoms with Gasteiger partial charge < -0.3 is 10.1 Å². The van der Waals surface area contributed by atoms with E-state index in [-0.39, 0.29) is 28.8 Å². The molecular formula is C25H29FN4O5S2. The normalized spacial score (nSPS) is 20.1. The molecule has 37 heavy (non-hydrogen) atoms. The van der Waals surface area contributed by atoms with E-state index in [0.29, 0.717) is 43.7 Å². The molecule has 1 atom stereocenters. The molecule has 2 saturated heterocycles. The molecule has 0 spiro atoms. The topological polar surface area (TPSA) is 108 Å². The minimum absolute atomic E-state index is 0.0583. The second-order valence-corrected chi connectivity index (χ2v) is 12.2. The smallest absolute Gasteiger partial charge is 0.243 e. The predicted octanol–water partition coefficient (Wildman–Crippen LogP) is 3.46. The molecule has 1 unspecified atom stereocenters. The van der Waals surface area contributed by atoms with Crippen LogP contribution in [-0.4, -0.2) is 72.7 Å². The number of hydrogen-bond acceptors (Lipinski definition) is 7. The molecule has 12 heteroatoms. The SMILES string of the molecule is CC(C)CN1C(=O)C(CC(=O)Nc2ccccc2F)SC1=Nc1ccc(S(=O)(=O)N2CCOCC2)cc1. The number of thioether (sulfide) groups is 1. The van der Waals surface area contributed by atoms with Crippen molar-refractivity contribution < 1.29 is 27.1 Å². The maximum atomic E-state index is 13.9. The fourth-order valence-electron chi connectivity index (χ4n) is 3.93. The Labute approximate surface area is 220 Å². The third kappa shape index (κ3) is 6.56. The monoisotopic (exact) mass is 548 g/mol. The van der Waals surface area contributed by atoms with Crippen LogP contribution >= 0.6 is 11.8 Å². The summed E-state index contributed by atoms with van der Waals surface area (Å²) in [5.74, 6) is -1.11. The van der Waals surface area contributed by atoms with Crippen LogP contribution in [0.3, 0.4) is 0 Å². The van der Waals surface area contributed by atoms with Gasteiger partial charge in [-0.2, -0.15) is 4.31 Å². The van der Waals surface area contributed by atoms with E-state index >= 15 is 0 Å². The van der Waals surface area contributed by atoms with E-state index in [0.717, 1.165) is 0 Å². The molecule has 2 aromatic rings. The minimum Gasteiger partial charge on any atom is -0.379 e. The number of nitrogens with one attached hydrogen (secondary N) is 1. The van der Waals surface area contributed by atoms with Gasteiger partial charge in [-0.25, -0.2) is 17.8 Å². The number of hydrogen-bond donors (Lipinski definition) is 1. The van der Waals surface area contributed by atoms with Gasteiger partial charge in [-0.15, -0.1) is 0 Å². The lowest BCUT2D eigenvalue weighted by molar-refractivity contribution is -0.128. The van der Waals surface area contributed by atoms with Crippen molar-refractivity contribution in [3.8, 4) is 0 Å². The lowest BCUT2D eigenvalue weighted by Crippen LogP contribution is -2.40. The van der Waals surface area contributed by atoms with Gasteiger partial charge in [0.15, 0.2) is 5.17 Å². The number of carbonyl (C=O) groups excluding carboxylic acids is 2. The summed E-state index contributed by atoms with van der Waals surface area (Å²) in [6, 6.07) is 12.0. The summed E-state index contributed by atoms with van der Waals surface area (Å²) in [4.78, 5) is 32.0. The number of ether oxygens (including phenoxy) is 1. The summed E-state index contributed by atoms with van der Waals surface area (Å²) in [5, 5.41) is 2.25. The Bertz CT molecular complexity index is 1280. The highest BCUT2D eigenvalue weighted by atomic mass is 32.2. The number of sulfonamides is 1. The van der Waals surface area contributed by atoms with E-state index in [2.05, 4.69) is 10.3 Å². The first-order valence-corrected chi connectivity index (χ1v) is 14.3. The summed E-state index contributed by atoms with van der Waals surface area (Å²) in [7, 11) is -3.63. The maximum Gasteiger partial charge on any atom is 0.243 e. The first-order valence-electron chi connectivity index (χ1n) is 11.9. The van der Waals surface area contributed by atoms with Gasteiger partial charge in [0, 0.05) is 26.1 Å². The average molecular weight is 549 g/mol. The highest BCUT2D eigenvalue weighted by Gasteiger charge is 2.39. The minimum atomic E-state index is -3.63. The summed E-state index contributed by atoms with van der Waals surface area (Å²) in [6.07, 6.45) is -0.137. The van der Waals surface area contributed by atoms with Crippen molar-refractivity contribution in [1.82, 2.24) is 9.21 Å². The van der Waals surface area contributed by atoms with Crippen molar-refractivity contribution in [2.45, 2.75) is 30.4 Å². The number of aliphatic imine (C=N–C) groups is 1. The number of amides is 2. The first-order chi connectivity index (χ1) is 17.6. The largest absolute Gasteiger partial charge is 0.379 e. The molecule has 2 aromatic carbocycles. The van der Waals surface area contributed by atoms with Gasteiger partial charge in [0.25, 0.3) is 0 Å².